The maximum Gasteiger partial charge on any atom is 0.399 e. The van der Waals surface area contributed by atoms with Gasteiger partial charge >= 0.3 is 11.3 Å². The summed E-state index contributed by atoms with van der Waals surface area (Å²) in [7, 11) is 1.46. The Kier molecular flexibility index (Phi) is 4.32. The van der Waals surface area contributed by atoms with Crippen LogP contribution in [0.4, 0.5) is 14.5 Å². The quantitative estimate of drug-likeness (QED) is 0.860. The van der Waals surface area contributed by atoms with Crippen LogP contribution in [0.2, 0.25) is 0 Å². The Morgan fingerprint density at radius 2 is 2.14 bits per heavy atom. The van der Waals surface area contributed by atoms with Crippen molar-refractivity contribution in [2.45, 2.75) is 17.8 Å². The molecular formula is C13H13ClF2N2O3. The number of nitrogens with zero attached hydrogens (tertiary/aromatic N) is 1. The zero-order valence-electron chi connectivity index (χ0n) is 11.1. The number of methoxy groups -OCH3 is 1. The Balaban J connectivity index is 2.13. The van der Waals surface area contributed by atoms with E-state index in [2.05, 4.69) is 11.6 Å². The number of hydrogen-bond acceptors (Lipinski definition) is 3. The van der Waals surface area contributed by atoms with Crippen molar-refractivity contribution in [3.8, 4) is 5.75 Å². The first-order valence-electron chi connectivity index (χ1n) is 6.16. The molecule has 1 fully saturated rings. The normalized spacial score (nSPS) is 18.8. The molecule has 5 nitrogen and oxygen atoms in total. The Hall–Kier alpha value is -1.89. The van der Waals surface area contributed by atoms with Gasteiger partial charge in [0.25, 0.3) is 0 Å². The minimum atomic E-state index is -4.03. The van der Waals surface area contributed by atoms with E-state index >= 15 is 0 Å². The van der Waals surface area contributed by atoms with Crippen LogP contribution in [0.5, 0.6) is 5.75 Å². The number of carbonyl (C=O) groups excluding carboxylic acids is 2. The van der Waals surface area contributed by atoms with E-state index in [1.54, 1.807) is 24.3 Å². The number of benzene rings is 1. The lowest BCUT2D eigenvalue weighted by molar-refractivity contribution is -0.138. The summed E-state index contributed by atoms with van der Waals surface area (Å²) in [6.45, 7) is 0.290. The van der Waals surface area contributed by atoms with Gasteiger partial charge < -0.3 is 15.0 Å². The molecule has 1 atom stereocenters. The molecule has 8 heteroatoms. The molecule has 21 heavy (non-hydrogen) atoms. The Labute approximate surface area is 124 Å². The number of rotatable bonds is 4. The van der Waals surface area contributed by atoms with Crippen molar-refractivity contribution >= 4 is 29.1 Å². The van der Waals surface area contributed by atoms with Crippen LogP contribution in [0.3, 0.4) is 0 Å². The minimum Gasteiger partial charge on any atom is -0.495 e. The number of halogens is 3. The van der Waals surface area contributed by atoms with E-state index in [-0.39, 0.29) is 13.0 Å². The highest BCUT2D eigenvalue weighted by Crippen LogP contribution is 2.31. The summed E-state index contributed by atoms with van der Waals surface area (Å²) in [5.74, 6) is -1.67. The monoisotopic (exact) mass is 318 g/mol. The zero-order valence-corrected chi connectivity index (χ0v) is 11.9. The van der Waals surface area contributed by atoms with Gasteiger partial charge in [0.2, 0.25) is 5.91 Å². The molecule has 0 saturated carbocycles. The van der Waals surface area contributed by atoms with Crippen molar-refractivity contribution in [2.75, 3.05) is 18.6 Å². The summed E-state index contributed by atoms with van der Waals surface area (Å²) in [6.07, 6.45) is 0.218. The topological polar surface area (TPSA) is 58.6 Å². The molecule has 114 valence electrons. The third-order valence-electron chi connectivity index (χ3n) is 3.14. The van der Waals surface area contributed by atoms with Crippen LogP contribution in [-0.4, -0.2) is 36.9 Å². The van der Waals surface area contributed by atoms with E-state index in [9.17, 15) is 18.4 Å². The van der Waals surface area contributed by atoms with E-state index in [1.807, 2.05) is 5.32 Å². The predicted molar refractivity (Wildman–Crippen MR) is 72.7 cm³/mol. The Bertz CT molecular complexity index is 563. The van der Waals surface area contributed by atoms with Gasteiger partial charge in [0, 0.05) is 6.54 Å². The molecule has 1 aromatic carbocycles. The summed E-state index contributed by atoms with van der Waals surface area (Å²) < 4.78 is 30.4. The fraction of sp³-hybridized carbons (Fsp3) is 0.385. The highest BCUT2D eigenvalue weighted by atomic mass is 35.5. The SMILES string of the molecule is COc1ccccc1N1CC[C@@H](NC(=O)C(F)(F)Cl)C1=O. The van der Waals surface area contributed by atoms with Crippen molar-refractivity contribution in [1.29, 1.82) is 0 Å². The van der Waals surface area contributed by atoms with Gasteiger partial charge in [-0.25, -0.2) is 0 Å². The van der Waals surface area contributed by atoms with Crippen molar-refractivity contribution in [1.82, 2.24) is 5.32 Å². The average molecular weight is 319 g/mol. The number of amides is 2. The molecule has 0 aliphatic carbocycles. The second-order valence-corrected chi connectivity index (χ2v) is 4.95. The molecule has 1 N–H and O–H groups in total. The van der Waals surface area contributed by atoms with E-state index in [1.165, 1.54) is 12.0 Å². The molecule has 1 saturated heterocycles. The molecule has 0 unspecified atom stereocenters. The molecular weight excluding hydrogens is 306 g/mol. The lowest BCUT2D eigenvalue weighted by Crippen LogP contribution is -2.46. The molecule has 0 aromatic heterocycles. The van der Waals surface area contributed by atoms with Crippen LogP contribution in [0.1, 0.15) is 6.42 Å². The number of nitrogens with one attached hydrogen (secondary N) is 1. The summed E-state index contributed by atoms with van der Waals surface area (Å²) in [5, 5.41) is -2.08. The average Bonchev–Trinajstić information content (AvgIpc) is 2.79. The molecule has 1 aromatic rings. The van der Waals surface area contributed by atoms with Gasteiger partial charge in [0.05, 0.1) is 12.8 Å². The molecule has 1 aliphatic rings. The van der Waals surface area contributed by atoms with Gasteiger partial charge in [-0.1, -0.05) is 12.1 Å². The van der Waals surface area contributed by atoms with Gasteiger partial charge in [-0.3, -0.25) is 9.59 Å². The number of para-hydroxylation sites is 2. The molecule has 0 bridgehead atoms. The van der Waals surface area contributed by atoms with E-state index in [0.29, 0.717) is 11.4 Å². The summed E-state index contributed by atoms with van der Waals surface area (Å²) in [6, 6.07) is 5.81. The maximum atomic E-state index is 12.6. The van der Waals surface area contributed by atoms with Crippen molar-refractivity contribution in [3.05, 3.63) is 24.3 Å². The van der Waals surface area contributed by atoms with Crippen molar-refractivity contribution < 1.29 is 23.1 Å². The number of ether oxygens (including phenoxy) is 1. The lowest BCUT2D eigenvalue weighted by atomic mass is 10.2. The number of anilines is 1. The van der Waals surface area contributed by atoms with Crippen molar-refractivity contribution in [3.63, 3.8) is 0 Å². The van der Waals surface area contributed by atoms with E-state index < -0.39 is 23.2 Å². The smallest absolute Gasteiger partial charge is 0.399 e. The molecule has 2 rings (SSSR count). The number of alkyl halides is 3. The van der Waals surface area contributed by atoms with Crippen LogP contribution in [0, 0.1) is 0 Å². The van der Waals surface area contributed by atoms with Gasteiger partial charge in [0.15, 0.2) is 0 Å². The first kappa shape index (κ1) is 15.5. The fourth-order valence-corrected chi connectivity index (χ4v) is 2.20. The highest BCUT2D eigenvalue weighted by Gasteiger charge is 2.41. The largest absolute Gasteiger partial charge is 0.495 e. The number of carbonyl (C=O) groups is 2. The van der Waals surface area contributed by atoms with E-state index in [0.717, 1.165) is 0 Å². The van der Waals surface area contributed by atoms with Gasteiger partial charge in [-0.05, 0) is 30.2 Å². The van der Waals surface area contributed by atoms with Gasteiger partial charge in [0.1, 0.15) is 11.8 Å². The highest BCUT2D eigenvalue weighted by molar-refractivity contribution is 6.32. The predicted octanol–water partition coefficient (Wildman–Crippen LogP) is 1.75. The molecule has 1 heterocycles. The summed E-state index contributed by atoms with van der Waals surface area (Å²) >= 11 is 4.62. The Morgan fingerprint density at radius 3 is 2.76 bits per heavy atom. The fourth-order valence-electron chi connectivity index (χ4n) is 2.15. The van der Waals surface area contributed by atoms with Crippen LogP contribution >= 0.6 is 11.6 Å². The third kappa shape index (κ3) is 3.24. The first-order chi connectivity index (χ1) is 9.84. The van der Waals surface area contributed by atoms with Crippen LogP contribution in [-0.2, 0) is 9.59 Å². The maximum absolute atomic E-state index is 12.6. The second-order valence-electron chi connectivity index (χ2n) is 4.47. The minimum absolute atomic E-state index is 0.218. The zero-order chi connectivity index (χ0) is 15.6. The first-order valence-corrected chi connectivity index (χ1v) is 6.54. The van der Waals surface area contributed by atoms with Crippen LogP contribution in [0.25, 0.3) is 0 Å². The van der Waals surface area contributed by atoms with Crippen LogP contribution < -0.4 is 15.0 Å². The molecule has 0 radical (unpaired) electrons. The third-order valence-corrected chi connectivity index (χ3v) is 3.32. The van der Waals surface area contributed by atoms with Gasteiger partial charge in [-0.15, -0.1) is 0 Å². The van der Waals surface area contributed by atoms with E-state index in [4.69, 9.17) is 4.74 Å². The van der Waals surface area contributed by atoms with Gasteiger partial charge in [-0.2, -0.15) is 8.78 Å². The molecule has 2 amide bonds. The summed E-state index contributed by atoms with van der Waals surface area (Å²) in [5.41, 5.74) is 0.527. The molecule has 1 aliphatic heterocycles. The second kappa shape index (κ2) is 5.85. The lowest BCUT2D eigenvalue weighted by Gasteiger charge is -2.20. The van der Waals surface area contributed by atoms with Crippen LogP contribution in [0.15, 0.2) is 24.3 Å². The van der Waals surface area contributed by atoms with Crippen molar-refractivity contribution in [2.24, 2.45) is 0 Å². The summed E-state index contributed by atoms with van der Waals surface area (Å²) in [4.78, 5) is 24.7. The Morgan fingerprint density at radius 1 is 1.48 bits per heavy atom. The standard InChI is InChI=1S/C13H13ClF2N2O3/c1-21-10-5-3-2-4-9(10)18-7-6-8(11(18)19)17-12(20)13(14,15)16/h2-5,8H,6-7H2,1H3,(H,17,20)/t8-/m1/s1. The molecule has 0 spiro atoms. The number of hydrogen-bond donors (Lipinski definition) is 1.